The number of hydrogen-bond acceptors (Lipinski definition) is 5. The molecule has 0 aromatic carbocycles. The van der Waals surface area contributed by atoms with Crippen molar-refractivity contribution in [3.05, 3.63) is 29.7 Å². The Hall–Kier alpha value is -2.12. The van der Waals surface area contributed by atoms with Crippen LogP contribution in [0.2, 0.25) is 0 Å². The highest BCUT2D eigenvalue weighted by Crippen LogP contribution is 2.21. The normalized spacial score (nSPS) is 16.3. The summed E-state index contributed by atoms with van der Waals surface area (Å²) in [5.74, 6) is 0.609. The molecule has 7 heteroatoms. The second kappa shape index (κ2) is 7.84. The number of ether oxygens (including phenoxy) is 1. The summed E-state index contributed by atoms with van der Waals surface area (Å²) in [4.78, 5) is 21.9. The number of fused-ring (bicyclic) bond motifs is 1. The number of carbonyl (C=O) groups excluding carboxylic acids is 1. The molecule has 0 saturated carbocycles. The van der Waals surface area contributed by atoms with Crippen LogP contribution in [0.15, 0.2) is 18.3 Å². The Kier molecular flexibility index (Phi) is 5.55. The fraction of sp³-hybridized carbons (Fsp3) is 0.556. The van der Waals surface area contributed by atoms with E-state index in [4.69, 9.17) is 4.74 Å². The first-order valence-corrected chi connectivity index (χ1v) is 8.89. The number of imidazole rings is 1. The lowest BCUT2D eigenvalue weighted by Crippen LogP contribution is -2.47. The molecule has 1 N–H and O–H groups in total. The van der Waals surface area contributed by atoms with Gasteiger partial charge in [0.1, 0.15) is 5.69 Å². The van der Waals surface area contributed by atoms with E-state index in [1.54, 1.807) is 0 Å². The van der Waals surface area contributed by atoms with Crippen LogP contribution in [-0.2, 0) is 0 Å². The van der Waals surface area contributed by atoms with Gasteiger partial charge < -0.3 is 15.0 Å². The zero-order chi connectivity index (χ0) is 17.8. The molecule has 0 radical (unpaired) electrons. The van der Waals surface area contributed by atoms with Gasteiger partial charge in [0.05, 0.1) is 12.3 Å². The highest BCUT2D eigenvalue weighted by molar-refractivity contribution is 5.94. The SMILES string of the molecule is CCOc1cccn2c(C(=O)NCCN3CCN(C)CC3)c(C)nc12. The standard InChI is InChI=1S/C18H27N5O2/c1-4-25-15-6-5-8-23-16(14(2)20-17(15)23)18(24)19-7-9-22-12-10-21(3)11-13-22/h5-6,8H,4,7,9-13H2,1-3H3,(H,19,24). The van der Waals surface area contributed by atoms with Crippen molar-refractivity contribution in [1.82, 2.24) is 24.5 Å². The van der Waals surface area contributed by atoms with Crippen LogP contribution in [0.1, 0.15) is 23.1 Å². The van der Waals surface area contributed by atoms with Gasteiger partial charge in [-0.05, 0) is 33.0 Å². The summed E-state index contributed by atoms with van der Waals surface area (Å²) in [6.07, 6.45) is 1.85. The Labute approximate surface area is 148 Å². The van der Waals surface area contributed by atoms with E-state index in [0.29, 0.717) is 35.9 Å². The molecule has 1 fully saturated rings. The predicted octanol–water partition coefficient (Wildman–Crippen LogP) is 1.02. The van der Waals surface area contributed by atoms with Crippen molar-refractivity contribution in [2.24, 2.45) is 0 Å². The lowest BCUT2D eigenvalue weighted by atomic mass is 10.3. The third-order valence-electron chi connectivity index (χ3n) is 4.61. The highest BCUT2D eigenvalue weighted by Gasteiger charge is 2.19. The van der Waals surface area contributed by atoms with Crippen molar-refractivity contribution in [3.63, 3.8) is 0 Å². The molecular weight excluding hydrogens is 318 g/mol. The molecule has 1 aliphatic rings. The molecule has 0 atom stereocenters. The lowest BCUT2D eigenvalue weighted by Gasteiger charge is -2.32. The van der Waals surface area contributed by atoms with Gasteiger partial charge in [0, 0.05) is 45.5 Å². The van der Waals surface area contributed by atoms with Crippen molar-refractivity contribution >= 4 is 11.6 Å². The molecule has 2 aromatic rings. The molecule has 136 valence electrons. The second-order valence-corrected chi connectivity index (χ2v) is 6.45. The molecule has 2 aromatic heterocycles. The number of aryl methyl sites for hydroxylation is 1. The van der Waals surface area contributed by atoms with Crippen LogP contribution >= 0.6 is 0 Å². The number of nitrogens with one attached hydrogen (secondary N) is 1. The number of piperazine rings is 1. The molecule has 0 spiro atoms. The topological polar surface area (TPSA) is 62.1 Å². The summed E-state index contributed by atoms with van der Waals surface area (Å²) in [5, 5.41) is 3.03. The van der Waals surface area contributed by atoms with E-state index in [9.17, 15) is 4.79 Å². The van der Waals surface area contributed by atoms with Gasteiger partial charge >= 0.3 is 0 Å². The van der Waals surface area contributed by atoms with E-state index in [1.165, 1.54) is 0 Å². The zero-order valence-electron chi connectivity index (χ0n) is 15.3. The molecule has 25 heavy (non-hydrogen) atoms. The van der Waals surface area contributed by atoms with Gasteiger partial charge in [0.2, 0.25) is 0 Å². The smallest absolute Gasteiger partial charge is 0.270 e. The number of hydrogen-bond donors (Lipinski definition) is 1. The largest absolute Gasteiger partial charge is 0.490 e. The van der Waals surface area contributed by atoms with Crippen LogP contribution in [0, 0.1) is 6.92 Å². The number of pyridine rings is 1. The van der Waals surface area contributed by atoms with Gasteiger partial charge in [0.15, 0.2) is 11.4 Å². The number of rotatable bonds is 6. The quantitative estimate of drug-likeness (QED) is 0.847. The summed E-state index contributed by atoms with van der Waals surface area (Å²) in [7, 11) is 2.14. The molecule has 1 aliphatic heterocycles. The van der Waals surface area contributed by atoms with Crippen LogP contribution in [0.4, 0.5) is 0 Å². The molecule has 1 amide bonds. The number of likely N-dealkylation sites (N-methyl/N-ethyl adjacent to an activating group) is 1. The van der Waals surface area contributed by atoms with Crippen LogP contribution < -0.4 is 10.1 Å². The van der Waals surface area contributed by atoms with Crippen LogP contribution in [0.3, 0.4) is 0 Å². The Bertz CT molecular complexity index is 734. The van der Waals surface area contributed by atoms with Gasteiger partial charge in [-0.1, -0.05) is 0 Å². The van der Waals surface area contributed by atoms with E-state index in [1.807, 2.05) is 36.6 Å². The van der Waals surface area contributed by atoms with Crippen molar-refractivity contribution < 1.29 is 9.53 Å². The minimum Gasteiger partial charge on any atom is -0.490 e. The van der Waals surface area contributed by atoms with Crippen molar-refractivity contribution in [1.29, 1.82) is 0 Å². The first kappa shape index (κ1) is 17.7. The van der Waals surface area contributed by atoms with Gasteiger partial charge in [-0.3, -0.25) is 14.1 Å². The van der Waals surface area contributed by atoms with E-state index >= 15 is 0 Å². The van der Waals surface area contributed by atoms with Gasteiger partial charge in [-0.15, -0.1) is 0 Å². The fourth-order valence-electron chi connectivity index (χ4n) is 3.18. The number of carbonyl (C=O) groups is 1. The maximum Gasteiger partial charge on any atom is 0.270 e. The summed E-state index contributed by atoms with van der Waals surface area (Å²) in [6, 6.07) is 3.75. The maximum absolute atomic E-state index is 12.7. The van der Waals surface area contributed by atoms with Crippen molar-refractivity contribution in [3.8, 4) is 5.75 Å². The first-order chi connectivity index (χ1) is 12.1. The molecule has 3 rings (SSSR count). The molecule has 0 unspecified atom stereocenters. The van der Waals surface area contributed by atoms with E-state index in [0.717, 1.165) is 32.7 Å². The summed E-state index contributed by atoms with van der Waals surface area (Å²) in [6.45, 7) is 10.2. The number of aromatic nitrogens is 2. The maximum atomic E-state index is 12.7. The van der Waals surface area contributed by atoms with Gasteiger partial charge in [-0.25, -0.2) is 4.98 Å². The van der Waals surface area contributed by atoms with Gasteiger partial charge in [-0.2, -0.15) is 0 Å². The predicted molar refractivity (Wildman–Crippen MR) is 97.4 cm³/mol. The molecule has 0 bridgehead atoms. The first-order valence-electron chi connectivity index (χ1n) is 8.89. The summed E-state index contributed by atoms with van der Waals surface area (Å²) >= 11 is 0. The van der Waals surface area contributed by atoms with Crippen molar-refractivity contribution in [2.75, 3.05) is 52.9 Å². The highest BCUT2D eigenvalue weighted by atomic mass is 16.5. The Balaban J connectivity index is 1.66. The average molecular weight is 345 g/mol. The summed E-state index contributed by atoms with van der Waals surface area (Å²) in [5.41, 5.74) is 1.98. The molecular formula is C18H27N5O2. The van der Waals surface area contributed by atoms with Crippen LogP contribution in [0.25, 0.3) is 5.65 Å². The Morgan fingerprint density at radius 3 is 2.80 bits per heavy atom. The average Bonchev–Trinajstić information content (AvgIpc) is 2.94. The second-order valence-electron chi connectivity index (χ2n) is 6.45. The monoisotopic (exact) mass is 345 g/mol. The van der Waals surface area contributed by atoms with Crippen LogP contribution in [-0.4, -0.2) is 78.0 Å². The summed E-state index contributed by atoms with van der Waals surface area (Å²) < 4.78 is 7.42. The number of nitrogens with zero attached hydrogens (tertiary/aromatic N) is 4. The third-order valence-corrected chi connectivity index (χ3v) is 4.61. The van der Waals surface area contributed by atoms with Crippen LogP contribution in [0.5, 0.6) is 5.75 Å². The molecule has 0 aliphatic carbocycles. The minimum absolute atomic E-state index is 0.0900. The minimum atomic E-state index is -0.0900. The van der Waals surface area contributed by atoms with E-state index in [-0.39, 0.29) is 5.91 Å². The zero-order valence-corrected chi connectivity index (χ0v) is 15.3. The molecule has 1 saturated heterocycles. The van der Waals surface area contributed by atoms with Gasteiger partial charge in [0.25, 0.3) is 5.91 Å². The fourth-order valence-corrected chi connectivity index (χ4v) is 3.18. The number of amides is 1. The van der Waals surface area contributed by atoms with Crippen molar-refractivity contribution in [2.45, 2.75) is 13.8 Å². The van der Waals surface area contributed by atoms with E-state index in [2.05, 4.69) is 27.1 Å². The van der Waals surface area contributed by atoms with E-state index < -0.39 is 0 Å². The Morgan fingerprint density at radius 2 is 2.08 bits per heavy atom. The lowest BCUT2D eigenvalue weighted by molar-refractivity contribution is 0.0934. The molecule has 3 heterocycles. The Morgan fingerprint density at radius 1 is 1.32 bits per heavy atom. The third kappa shape index (κ3) is 3.93. The molecule has 7 nitrogen and oxygen atoms in total.